The highest BCUT2D eigenvalue weighted by Crippen LogP contribution is 2.24. The zero-order chi connectivity index (χ0) is 15.2. The van der Waals surface area contributed by atoms with E-state index in [9.17, 15) is 0 Å². The molecule has 0 saturated heterocycles. The molecular weight excluding hydrogens is 322 g/mol. The van der Waals surface area contributed by atoms with Crippen molar-refractivity contribution >= 4 is 15.9 Å². The standard InChI is InChI=1S/C19H24BrN/c1-4-10-21-19(13-16-6-5-7-17(20)12-16)18-9-8-14(2)11-15(18)3/h5-9,11-12,19,21H,4,10,13H2,1-3H3. The first kappa shape index (κ1) is 16.3. The Morgan fingerprint density at radius 1 is 1.10 bits per heavy atom. The number of aryl methyl sites for hydroxylation is 2. The highest BCUT2D eigenvalue weighted by molar-refractivity contribution is 9.10. The van der Waals surface area contributed by atoms with E-state index in [0.717, 1.165) is 23.9 Å². The Bertz CT molecular complexity index is 592. The van der Waals surface area contributed by atoms with Crippen LogP contribution in [0.3, 0.4) is 0 Å². The van der Waals surface area contributed by atoms with Gasteiger partial charge in [0.05, 0.1) is 0 Å². The van der Waals surface area contributed by atoms with E-state index in [4.69, 9.17) is 0 Å². The number of hydrogen-bond donors (Lipinski definition) is 1. The highest BCUT2D eigenvalue weighted by Gasteiger charge is 2.14. The molecule has 112 valence electrons. The van der Waals surface area contributed by atoms with Crippen LogP contribution in [0.2, 0.25) is 0 Å². The summed E-state index contributed by atoms with van der Waals surface area (Å²) in [6.45, 7) is 7.63. The minimum Gasteiger partial charge on any atom is -0.310 e. The van der Waals surface area contributed by atoms with Gasteiger partial charge < -0.3 is 5.32 Å². The maximum Gasteiger partial charge on any atom is 0.0363 e. The Morgan fingerprint density at radius 2 is 1.90 bits per heavy atom. The first-order valence-corrected chi connectivity index (χ1v) is 8.44. The van der Waals surface area contributed by atoms with Crippen LogP contribution >= 0.6 is 15.9 Å². The lowest BCUT2D eigenvalue weighted by atomic mass is 9.94. The Balaban J connectivity index is 2.25. The number of halogens is 1. The van der Waals surface area contributed by atoms with Crippen LogP contribution in [0, 0.1) is 13.8 Å². The van der Waals surface area contributed by atoms with Crippen LogP contribution in [0.4, 0.5) is 0 Å². The molecule has 2 aromatic carbocycles. The van der Waals surface area contributed by atoms with Gasteiger partial charge in [0, 0.05) is 10.5 Å². The van der Waals surface area contributed by atoms with Gasteiger partial charge in [0.1, 0.15) is 0 Å². The predicted molar refractivity (Wildman–Crippen MR) is 94.8 cm³/mol. The molecule has 0 saturated carbocycles. The summed E-state index contributed by atoms with van der Waals surface area (Å²) in [7, 11) is 0. The summed E-state index contributed by atoms with van der Waals surface area (Å²) < 4.78 is 1.15. The summed E-state index contributed by atoms with van der Waals surface area (Å²) in [5.74, 6) is 0. The predicted octanol–water partition coefficient (Wildman–Crippen LogP) is 5.35. The number of benzene rings is 2. The van der Waals surface area contributed by atoms with Crippen LogP contribution in [0.1, 0.15) is 41.6 Å². The largest absolute Gasteiger partial charge is 0.310 e. The van der Waals surface area contributed by atoms with Crippen LogP contribution in [-0.2, 0) is 6.42 Å². The van der Waals surface area contributed by atoms with E-state index in [2.05, 4.69) is 84.5 Å². The molecule has 0 aliphatic rings. The van der Waals surface area contributed by atoms with Gasteiger partial charge >= 0.3 is 0 Å². The lowest BCUT2D eigenvalue weighted by Gasteiger charge is -2.21. The normalized spacial score (nSPS) is 12.4. The molecule has 0 bridgehead atoms. The van der Waals surface area contributed by atoms with Crippen LogP contribution in [0.15, 0.2) is 46.9 Å². The van der Waals surface area contributed by atoms with Gasteiger partial charge in [-0.2, -0.15) is 0 Å². The maximum absolute atomic E-state index is 3.70. The fraction of sp³-hybridized carbons (Fsp3) is 0.368. The molecule has 0 spiro atoms. The van der Waals surface area contributed by atoms with Crippen molar-refractivity contribution in [2.24, 2.45) is 0 Å². The van der Waals surface area contributed by atoms with E-state index >= 15 is 0 Å². The summed E-state index contributed by atoms with van der Waals surface area (Å²) in [6, 6.07) is 15.7. The molecule has 0 aliphatic carbocycles. The van der Waals surface area contributed by atoms with Gasteiger partial charge in [-0.05, 0) is 62.1 Å². The molecule has 0 radical (unpaired) electrons. The highest BCUT2D eigenvalue weighted by atomic mass is 79.9. The molecular formula is C19H24BrN. The zero-order valence-electron chi connectivity index (χ0n) is 13.1. The van der Waals surface area contributed by atoms with Crippen LogP contribution in [0.25, 0.3) is 0 Å². The van der Waals surface area contributed by atoms with Gasteiger partial charge in [-0.3, -0.25) is 0 Å². The fourth-order valence-corrected chi connectivity index (χ4v) is 3.17. The molecule has 0 aliphatic heterocycles. The summed E-state index contributed by atoms with van der Waals surface area (Å²) in [5, 5.41) is 3.70. The molecule has 1 N–H and O–H groups in total. The lowest BCUT2D eigenvalue weighted by molar-refractivity contribution is 0.527. The van der Waals surface area contributed by atoms with Gasteiger partial charge in [-0.25, -0.2) is 0 Å². The molecule has 1 nitrogen and oxygen atoms in total. The monoisotopic (exact) mass is 345 g/mol. The third-order valence-corrected chi connectivity index (χ3v) is 4.26. The summed E-state index contributed by atoms with van der Waals surface area (Å²) in [5.41, 5.74) is 5.47. The Hall–Kier alpha value is -1.12. The smallest absolute Gasteiger partial charge is 0.0363 e. The molecule has 0 heterocycles. The number of hydrogen-bond acceptors (Lipinski definition) is 1. The molecule has 2 rings (SSSR count). The fourth-order valence-electron chi connectivity index (χ4n) is 2.73. The Labute approximate surface area is 136 Å². The van der Waals surface area contributed by atoms with Crippen molar-refractivity contribution in [2.75, 3.05) is 6.54 Å². The average Bonchev–Trinajstić information content (AvgIpc) is 2.44. The van der Waals surface area contributed by atoms with Crippen LogP contribution in [-0.4, -0.2) is 6.54 Å². The number of rotatable bonds is 6. The number of nitrogens with one attached hydrogen (secondary N) is 1. The topological polar surface area (TPSA) is 12.0 Å². The third-order valence-electron chi connectivity index (χ3n) is 3.77. The van der Waals surface area contributed by atoms with Crippen molar-refractivity contribution in [2.45, 2.75) is 39.7 Å². The molecule has 0 amide bonds. The van der Waals surface area contributed by atoms with E-state index in [1.54, 1.807) is 0 Å². The van der Waals surface area contributed by atoms with Crippen molar-refractivity contribution in [1.29, 1.82) is 0 Å². The van der Waals surface area contributed by atoms with Gasteiger partial charge in [0.25, 0.3) is 0 Å². The van der Waals surface area contributed by atoms with E-state index in [-0.39, 0.29) is 0 Å². The minimum absolute atomic E-state index is 0.375. The van der Waals surface area contributed by atoms with Crippen molar-refractivity contribution in [1.82, 2.24) is 5.32 Å². The molecule has 0 fully saturated rings. The summed E-state index contributed by atoms with van der Waals surface area (Å²) in [6.07, 6.45) is 2.17. The molecule has 1 atom stereocenters. The minimum atomic E-state index is 0.375. The molecule has 1 unspecified atom stereocenters. The summed E-state index contributed by atoms with van der Waals surface area (Å²) >= 11 is 3.56. The second kappa shape index (κ2) is 7.77. The van der Waals surface area contributed by atoms with Crippen molar-refractivity contribution in [3.63, 3.8) is 0 Å². The SMILES string of the molecule is CCCNC(Cc1cccc(Br)c1)c1ccc(C)cc1C. The van der Waals surface area contributed by atoms with E-state index in [0.29, 0.717) is 6.04 Å². The van der Waals surface area contributed by atoms with Crippen molar-refractivity contribution < 1.29 is 0 Å². The van der Waals surface area contributed by atoms with E-state index < -0.39 is 0 Å². The lowest BCUT2D eigenvalue weighted by Crippen LogP contribution is -2.24. The summed E-state index contributed by atoms with van der Waals surface area (Å²) in [4.78, 5) is 0. The molecule has 21 heavy (non-hydrogen) atoms. The Kier molecular flexibility index (Phi) is 6.01. The van der Waals surface area contributed by atoms with Gasteiger partial charge in [-0.15, -0.1) is 0 Å². The van der Waals surface area contributed by atoms with Crippen molar-refractivity contribution in [3.8, 4) is 0 Å². The van der Waals surface area contributed by atoms with Gasteiger partial charge in [0.2, 0.25) is 0 Å². The third kappa shape index (κ3) is 4.69. The van der Waals surface area contributed by atoms with Gasteiger partial charge in [-0.1, -0.05) is 58.7 Å². The maximum atomic E-state index is 3.70. The Morgan fingerprint density at radius 3 is 2.57 bits per heavy atom. The average molecular weight is 346 g/mol. The second-order valence-corrected chi connectivity index (χ2v) is 6.62. The van der Waals surface area contributed by atoms with E-state index in [1.807, 2.05) is 0 Å². The molecule has 2 aromatic rings. The molecule has 0 aromatic heterocycles. The quantitative estimate of drug-likeness (QED) is 0.743. The van der Waals surface area contributed by atoms with Crippen LogP contribution < -0.4 is 5.32 Å². The van der Waals surface area contributed by atoms with Gasteiger partial charge in [0.15, 0.2) is 0 Å². The van der Waals surface area contributed by atoms with Crippen molar-refractivity contribution in [3.05, 3.63) is 69.2 Å². The molecule has 2 heteroatoms. The second-order valence-electron chi connectivity index (χ2n) is 5.70. The zero-order valence-corrected chi connectivity index (χ0v) is 14.7. The van der Waals surface area contributed by atoms with Crippen LogP contribution in [0.5, 0.6) is 0 Å². The van der Waals surface area contributed by atoms with E-state index in [1.165, 1.54) is 22.3 Å². The first-order valence-electron chi connectivity index (χ1n) is 7.65. The first-order chi connectivity index (χ1) is 10.1.